The van der Waals surface area contributed by atoms with Crippen LogP contribution in [0.5, 0.6) is 0 Å². The molecule has 1 aliphatic rings. The highest BCUT2D eigenvalue weighted by Crippen LogP contribution is 2.26. The summed E-state index contributed by atoms with van der Waals surface area (Å²) >= 11 is 0. The number of hydrogen-bond acceptors (Lipinski definition) is 6. The van der Waals surface area contributed by atoms with Gasteiger partial charge in [0, 0.05) is 25.0 Å². The molecule has 1 N–H and O–H groups in total. The Labute approximate surface area is 161 Å². The van der Waals surface area contributed by atoms with Crippen molar-refractivity contribution in [2.24, 2.45) is 0 Å². The number of anilines is 3. The number of rotatable bonds is 5. The Morgan fingerprint density at radius 3 is 2.59 bits per heavy atom. The fourth-order valence-corrected chi connectivity index (χ4v) is 3.52. The largest absolute Gasteiger partial charge is 0.341 e. The Kier molecular flexibility index (Phi) is 5.75. The van der Waals surface area contributed by atoms with Crippen LogP contribution in [-0.2, 0) is 0 Å². The predicted molar refractivity (Wildman–Crippen MR) is 110 cm³/mol. The highest BCUT2D eigenvalue weighted by Gasteiger charge is 2.23. The van der Waals surface area contributed by atoms with Gasteiger partial charge in [0.15, 0.2) is 5.78 Å². The minimum Gasteiger partial charge on any atom is -0.341 e. The second kappa shape index (κ2) is 8.05. The second-order valence-electron chi connectivity index (χ2n) is 7.58. The molecule has 0 aliphatic carbocycles. The van der Waals surface area contributed by atoms with Crippen LogP contribution in [0, 0.1) is 13.8 Å². The maximum absolute atomic E-state index is 12.1. The Morgan fingerprint density at radius 2 is 1.96 bits per heavy atom. The van der Waals surface area contributed by atoms with E-state index in [1.54, 1.807) is 13.1 Å². The number of aromatic nitrogens is 2. The van der Waals surface area contributed by atoms with Gasteiger partial charge in [-0.25, -0.2) is 4.98 Å². The molecule has 3 rings (SSSR count). The van der Waals surface area contributed by atoms with Crippen LogP contribution in [0.2, 0.25) is 0 Å². The van der Waals surface area contributed by atoms with E-state index in [9.17, 15) is 4.79 Å². The maximum Gasteiger partial charge on any atom is 0.227 e. The number of benzene rings is 1. The first-order chi connectivity index (χ1) is 12.8. The predicted octanol–water partition coefficient (Wildman–Crippen LogP) is 3.57. The number of Topliss-reactive ketones (excluding diaryl/α,β-unsaturated/α-hetero) is 1. The highest BCUT2D eigenvalue weighted by molar-refractivity contribution is 5.99. The van der Waals surface area contributed by atoms with Gasteiger partial charge in [-0.3, -0.25) is 4.79 Å². The van der Waals surface area contributed by atoms with Gasteiger partial charge in [-0.2, -0.15) is 4.98 Å². The molecular formula is C21H29N5O. The molecule has 0 atom stereocenters. The van der Waals surface area contributed by atoms with Gasteiger partial charge in [0.25, 0.3) is 0 Å². The number of carbonyl (C=O) groups is 1. The molecule has 2 heterocycles. The van der Waals surface area contributed by atoms with Crippen molar-refractivity contribution in [3.63, 3.8) is 0 Å². The van der Waals surface area contributed by atoms with Crippen molar-refractivity contribution < 1.29 is 4.79 Å². The SMILES string of the molecule is CC(=O)c1cnc(N(C)C2CCN(C)CC2)nc1Nc1ccc(C)cc1C. The van der Waals surface area contributed by atoms with Crippen molar-refractivity contribution in [3.8, 4) is 0 Å². The zero-order valence-electron chi connectivity index (χ0n) is 16.9. The molecule has 0 spiro atoms. The van der Waals surface area contributed by atoms with Crippen LogP contribution >= 0.6 is 0 Å². The molecule has 6 nitrogen and oxygen atoms in total. The number of aryl methyl sites for hydroxylation is 2. The smallest absolute Gasteiger partial charge is 0.227 e. The monoisotopic (exact) mass is 367 g/mol. The Hall–Kier alpha value is -2.47. The Balaban J connectivity index is 1.89. The summed E-state index contributed by atoms with van der Waals surface area (Å²) in [6.45, 7) is 7.82. The molecule has 1 aliphatic heterocycles. The van der Waals surface area contributed by atoms with Gasteiger partial charge in [-0.15, -0.1) is 0 Å². The average Bonchev–Trinajstić information content (AvgIpc) is 2.64. The number of nitrogens with one attached hydrogen (secondary N) is 1. The summed E-state index contributed by atoms with van der Waals surface area (Å²) in [5.74, 6) is 1.18. The van der Waals surface area contributed by atoms with Gasteiger partial charge in [-0.1, -0.05) is 17.7 Å². The van der Waals surface area contributed by atoms with E-state index in [1.807, 2.05) is 13.1 Å². The molecule has 6 heteroatoms. The molecule has 0 radical (unpaired) electrons. The highest BCUT2D eigenvalue weighted by atomic mass is 16.1. The van der Waals surface area contributed by atoms with Crippen LogP contribution in [0.4, 0.5) is 17.5 Å². The number of hydrogen-bond donors (Lipinski definition) is 1. The first-order valence-corrected chi connectivity index (χ1v) is 9.49. The standard InChI is InChI=1S/C21H29N5O/c1-14-6-7-19(15(2)12-14)23-20-18(16(3)27)13-22-21(24-20)26(5)17-8-10-25(4)11-9-17/h6-7,12-13,17H,8-11H2,1-5H3,(H,22,23,24). The van der Waals surface area contributed by atoms with Crippen LogP contribution in [0.25, 0.3) is 0 Å². The van der Waals surface area contributed by atoms with Crippen LogP contribution in [0.15, 0.2) is 24.4 Å². The van der Waals surface area contributed by atoms with E-state index >= 15 is 0 Å². The molecule has 1 aromatic carbocycles. The van der Waals surface area contributed by atoms with Crippen LogP contribution < -0.4 is 10.2 Å². The normalized spacial score (nSPS) is 15.6. The lowest BCUT2D eigenvalue weighted by Gasteiger charge is -2.35. The first-order valence-electron chi connectivity index (χ1n) is 9.49. The number of piperidine rings is 1. The van der Waals surface area contributed by atoms with Gasteiger partial charge >= 0.3 is 0 Å². The first kappa shape index (κ1) is 19.3. The third-order valence-corrected chi connectivity index (χ3v) is 5.34. The summed E-state index contributed by atoms with van der Waals surface area (Å²) in [6.07, 6.45) is 3.82. The topological polar surface area (TPSA) is 61.4 Å². The molecule has 144 valence electrons. The minimum atomic E-state index is -0.0456. The fourth-order valence-electron chi connectivity index (χ4n) is 3.52. The molecule has 27 heavy (non-hydrogen) atoms. The summed E-state index contributed by atoms with van der Waals surface area (Å²) in [4.78, 5) is 25.8. The lowest BCUT2D eigenvalue weighted by atomic mass is 10.0. The van der Waals surface area contributed by atoms with E-state index in [4.69, 9.17) is 4.98 Å². The van der Waals surface area contributed by atoms with Crippen LogP contribution in [-0.4, -0.2) is 53.9 Å². The minimum absolute atomic E-state index is 0.0456. The maximum atomic E-state index is 12.1. The Bertz CT molecular complexity index is 827. The summed E-state index contributed by atoms with van der Waals surface area (Å²) in [5, 5.41) is 3.35. The number of carbonyl (C=O) groups excluding carboxylic acids is 1. The summed E-state index contributed by atoms with van der Waals surface area (Å²) in [5.41, 5.74) is 3.79. The fraction of sp³-hybridized carbons (Fsp3) is 0.476. The second-order valence-corrected chi connectivity index (χ2v) is 7.58. The van der Waals surface area contributed by atoms with Crippen molar-refractivity contribution in [1.82, 2.24) is 14.9 Å². The van der Waals surface area contributed by atoms with Crippen molar-refractivity contribution in [2.75, 3.05) is 37.4 Å². The van der Waals surface area contributed by atoms with Crippen molar-refractivity contribution in [3.05, 3.63) is 41.1 Å². The molecule has 1 aromatic heterocycles. The zero-order valence-corrected chi connectivity index (χ0v) is 16.9. The lowest BCUT2D eigenvalue weighted by Crippen LogP contribution is -2.42. The van der Waals surface area contributed by atoms with E-state index in [-0.39, 0.29) is 5.78 Å². The number of likely N-dealkylation sites (tertiary alicyclic amines) is 1. The van der Waals surface area contributed by atoms with E-state index in [0.29, 0.717) is 23.4 Å². The third-order valence-electron chi connectivity index (χ3n) is 5.34. The van der Waals surface area contributed by atoms with E-state index in [1.165, 1.54) is 5.56 Å². The van der Waals surface area contributed by atoms with E-state index in [2.05, 4.69) is 53.1 Å². The van der Waals surface area contributed by atoms with Crippen LogP contribution in [0.3, 0.4) is 0 Å². The summed E-state index contributed by atoms with van der Waals surface area (Å²) in [7, 11) is 4.19. The molecule has 0 saturated carbocycles. The molecule has 2 aromatic rings. The van der Waals surface area contributed by atoms with Crippen molar-refractivity contribution in [1.29, 1.82) is 0 Å². The van der Waals surface area contributed by atoms with Gasteiger partial charge in [0.1, 0.15) is 5.82 Å². The molecule has 0 unspecified atom stereocenters. The number of nitrogens with zero attached hydrogens (tertiary/aromatic N) is 4. The quantitative estimate of drug-likeness (QED) is 0.815. The van der Waals surface area contributed by atoms with Gasteiger partial charge in [0.05, 0.1) is 5.56 Å². The molecule has 0 amide bonds. The molecular weight excluding hydrogens is 338 g/mol. The Morgan fingerprint density at radius 1 is 1.26 bits per heavy atom. The lowest BCUT2D eigenvalue weighted by molar-refractivity contribution is 0.101. The van der Waals surface area contributed by atoms with Crippen molar-refractivity contribution >= 4 is 23.2 Å². The van der Waals surface area contributed by atoms with Gasteiger partial charge in [0.2, 0.25) is 5.95 Å². The van der Waals surface area contributed by atoms with E-state index in [0.717, 1.165) is 37.2 Å². The van der Waals surface area contributed by atoms with Crippen LogP contribution in [0.1, 0.15) is 41.3 Å². The van der Waals surface area contributed by atoms with Gasteiger partial charge < -0.3 is 15.1 Å². The molecule has 0 bridgehead atoms. The van der Waals surface area contributed by atoms with Gasteiger partial charge in [-0.05, 0) is 65.4 Å². The molecule has 1 fully saturated rings. The third kappa shape index (κ3) is 4.45. The van der Waals surface area contributed by atoms with E-state index < -0.39 is 0 Å². The summed E-state index contributed by atoms with van der Waals surface area (Å²) in [6, 6.07) is 6.60. The number of ketones is 1. The zero-order chi connectivity index (χ0) is 19.6. The molecule has 1 saturated heterocycles. The van der Waals surface area contributed by atoms with Crippen molar-refractivity contribution in [2.45, 2.75) is 39.7 Å². The average molecular weight is 367 g/mol. The summed E-state index contributed by atoms with van der Waals surface area (Å²) < 4.78 is 0.